The minimum Gasteiger partial charge on any atom is -0.465 e. The van der Waals surface area contributed by atoms with Gasteiger partial charge in [-0.2, -0.15) is 0 Å². The summed E-state index contributed by atoms with van der Waals surface area (Å²) < 4.78 is 4.65. The normalized spacial score (nSPS) is 11.8. The first-order valence-corrected chi connectivity index (χ1v) is 5.51. The van der Waals surface area contributed by atoms with Crippen molar-refractivity contribution < 1.29 is 9.53 Å². The average Bonchev–Trinajstić information content (AvgIpc) is 2.35. The molecule has 17 heavy (non-hydrogen) atoms. The summed E-state index contributed by atoms with van der Waals surface area (Å²) in [7, 11) is 4.78. The van der Waals surface area contributed by atoms with E-state index >= 15 is 0 Å². The molecular formula is C11H12Cl2N2O2. The van der Waals surface area contributed by atoms with E-state index in [1.807, 2.05) is 0 Å². The highest BCUT2D eigenvalue weighted by Crippen LogP contribution is 2.27. The largest absolute Gasteiger partial charge is 0.465 e. The van der Waals surface area contributed by atoms with Crippen molar-refractivity contribution in [1.29, 1.82) is 0 Å². The fourth-order valence-corrected chi connectivity index (χ4v) is 1.56. The van der Waals surface area contributed by atoms with Crippen LogP contribution in [0.25, 0.3) is 5.03 Å². The first-order valence-electron chi connectivity index (χ1n) is 4.75. The summed E-state index contributed by atoms with van der Waals surface area (Å²) in [6.45, 7) is 0. The highest BCUT2D eigenvalue weighted by molar-refractivity contribution is 6.54. The van der Waals surface area contributed by atoms with Gasteiger partial charge in [0.25, 0.3) is 0 Å². The zero-order valence-corrected chi connectivity index (χ0v) is 11.2. The molecule has 0 unspecified atom stereocenters. The predicted molar refractivity (Wildman–Crippen MR) is 67.9 cm³/mol. The monoisotopic (exact) mass is 274 g/mol. The number of halogens is 2. The number of rotatable bonds is 3. The Morgan fingerprint density at radius 3 is 2.59 bits per heavy atom. The van der Waals surface area contributed by atoms with E-state index in [9.17, 15) is 4.79 Å². The SMILES string of the molecule is COC(=O)c1cccnc1/C(Cl)=C(\Cl)N(C)C. The molecule has 0 aliphatic heterocycles. The molecule has 0 atom stereocenters. The smallest absolute Gasteiger partial charge is 0.340 e. The number of carbonyl (C=O) groups is 1. The lowest BCUT2D eigenvalue weighted by Crippen LogP contribution is -2.10. The van der Waals surface area contributed by atoms with Crippen LogP contribution in [0, 0.1) is 0 Å². The molecule has 0 N–H and O–H groups in total. The Morgan fingerprint density at radius 1 is 1.41 bits per heavy atom. The van der Waals surface area contributed by atoms with Crippen LogP contribution in [0.2, 0.25) is 0 Å². The molecule has 1 heterocycles. The number of hydrogen-bond acceptors (Lipinski definition) is 4. The maximum absolute atomic E-state index is 11.5. The Kier molecular flexibility index (Phi) is 4.78. The van der Waals surface area contributed by atoms with E-state index in [4.69, 9.17) is 23.2 Å². The first kappa shape index (κ1) is 13.8. The van der Waals surface area contributed by atoms with Crippen LogP contribution >= 0.6 is 23.2 Å². The van der Waals surface area contributed by atoms with Crippen LogP contribution in [-0.4, -0.2) is 37.1 Å². The fourth-order valence-electron chi connectivity index (χ4n) is 1.15. The molecule has 0 aliphatic carbocycles. The molecule has 0 radical (unpaired) electrons. The molecule has 4 nitrogen and oxygen atoms in total. The van der Waals surface area contributed by atoms with Crippen molar-refractivity contribution in [1.82, 2.24) is 9.88 Å². The van der Waals surface area contributed by atoms with Gasteiger partial charge < -0.3 is 9.64 Å². The van der Waals surface area contributed by atoms with Gasteiger partial charge in [-0.25, -0.2) is 4.79 Å². The summed E-state index contributed by atoms with van der Waals surface area (Å²) in [6, 6.07) is 3.21. The molecule has 6 heteroatoms. The van der Waals surface area contributed by atoms with Crippen LogP contribution in [0.1, 0.15) is 16.1 Å². The van der Waals surface area contributed by atoms with Crippen molar-refractivity contribution in [3.8, 4) is 0 Å². The second kappa shape index (κ2) is 5.89. The number of nitrogens with zero attached hydrogens (tertiary/aromatic N) is 2. The van der Waals surface area contributed by atoms with Crippen LogP contribution in [-0.2, 0) is 4.74 Å². The molecular weight excluding hydrogens is 263 g/mol. The van der Waals surface area contributed by atoms with E-state index in [1.165, 1.54) is 13.3 Å². The summed E-state index contributed by atoms with van der Waals surface area (Å²) in [4.78, 5) is 17.2. The van der Waals surface area contributed by atoms with Gasteiger partial charge in [0.15, 0.2) is 0 Å². The van der Waals surface area contributed by atoms with Gasteiger partial charge in [0, 0.05) is 20.3 Å². The third-order valence-electron chi connectivity index (χ3n) is 1.99. The molecule has 1 aromatic heterocycles. The van der Waals surface area contributed by atoms with Crippen molar-refractivity contribution in [2.45, 2.75) is 0 Å². The van der Waals surface area contributed by atoms with Gasteiger partial charge in [-0.1, -0.05) is 23.2 Å². The Bertz CT molecular complexity index is 459. The average molecular weight is 275 g/mol. The van der Waals surface area contributed by atoms with Crippen LogP contribution < -0.4 is 0 Å². The van der Waals surface area contributed by atoms with E-state index in [-0.39, 0.29) is 10.6 Å². The Hall–Kier alpha value is -1.26. The second-order valence-corrected chi connectivity index (χ2v) is 4.13. The number of methoxy groups -OCH3 is 1. The third-order valence-corrected chi connectivity index (χ3v) is 2.98. The quantitative estimate of drug-likeness (QED) is 0.628. The van der Waals surface area contributed by atoms with Gasteiger partial charge in [0.2, 0.25) is 0 Å². The van der Waals surface area contributed by atoms with Crippen molar-refractivity contribution >= 4 is 34.2 Å². The molecule has 0 bridgehead atoms. The van der Waals surface area contributed by atoms with Gasteiger partial charge in [0.1, 0.15) is 10.2 Å². The lowest BCUT2D eigenvalue weighted by Gasteiger charge is -2.13. The zero-order valence-electron chi connectivity index (χ0n) is 9.70. The highest BCUT2D eigenvalue weighted by atomic mass is 35.5. The molecule has 0 amide bonds. The van der Waals surface area contributed by atoms with E-state index < -0.39 is 5.97 Å². The van der Waals surface area contributed by atoms with E-state index in [0.717, 1.165) is 0 Å². The van der Waals surface area contributed by atoms with Crippen molar-refractivity contribution in [2.24, 2.45) is 0 Å². The van der Waals surface area contributed by atoms with Crippen molar-refractivity contribution in [3.05, 3.63) is 34.7 Å². The summed E-state index contributed by atoms with van der Waals surface area (Å²) in [5.41, 5.74) is 0.583. The molecule has 0 fully saturated rings. The van der Waals surface area contributed by atoms with Crippen molar-refractivity contribution in [2.75, 3.05) is 21.2 Å². The molecule has 0 saturated heterocycles. The maximum atomic E-state index is 11.5. The van der Waals surface area contributed by atoms with Crippen LogP contribution in [0.5, 0.6) is 0 Å². The molecule has 0 aromatic carbocycles. The molecule has 0 spiro atoms. The molecule has 0 aliphatic rings. The number of esters is 1. The first-order chi connectivity index (χ1) is 7.99. The predicted octanol–water partition coefficient (Wildman–Crippen LogP) is 2.53. The van der Waals surface area contributed by atoms with Gasteiger partial charge in [-0.15, -0.1) is 0 Å². The summed E-state index contributed by atoms with van der Waals surface area (Å²) in [6.07, 6.45) is 1.53. The van der Waals surface area contributed by atoms with Crippen molar-refractivity contribution in [3.63, 3.8) is 0 Å². The summed E-state index contributed by atoms with van der Waals surface area (Å²) in [5.74, 6) is -0.505. The molecule has 1 aromatic rings. The lowest BCUT2D eigenvalue weighted by atomic mass is 10.2. The van der Waals surface area contributed by atoms with E-state index in [0.29, 0.717) is 10.9 Å². The standard InChI is InChI=1S/C11H12Cl2N2O2/c1-15(2)10(13)8(12)9-7(11(16)17-3)5-4-6-14-9/h4-6H,1-3H3/b10-8-. The van der Waals surface area contributed by atoms with Crippen LogP contribution in [0.4, 0.5) is 0 Å². The Balaban J connectivity index is 3.32. The molecule has 92 valence electrons. The Labute approximate surface area is 110 Å². The Morgan fingerprint density at radius 2 is 2.06 bits per heavy atom. The molecule has 0 saturated carbocycles. The van der Waals surface area contributed by atoms with E-state index in [2.05, 4.69) is 9.72 Å². The van der Waals surface area contributed by atoms with Gasteiger partial charge in [0.05, 0.1) is 18.4 Å². The molecule has 1 rings (SSSR count). The minimum absolute atomic E-state index is 0.206. The minimum atomic E-state index is -0.505. The zero-order chi connectivity index (χ0) is 13.0. The number of pyridine rings is 1. The topological polar surface area (TPSA) is 42.4 Å². The third kappa shape index (κ3) is 3.11. The number of hydrogen-bond donors (Lipinski definition) is 0. The summed E-state index contributed by atoms with van der Waals surface area (Å²) >= 11 is 12.1. The second-order valence-electron chi connectivity index (χ2n) is 3.39. The number of ether oxygens (including phenoxy) is 1. The fraction of sp³-hybridized carbons (Fsp3) is 0.273. The van der Waals surface area contributed by atoms with E-state index in [1.54, 1.807) is 31.1 Å². The van der Waals surface area contributed by atoms with Crippen LogP contribution in [0.3, 0.4) is 0 Å². The number of carbonyl (C=O) groups excluding carboxylic acids is 1. The van der Waals surface area contributed by atoms with Crippen LogP contribution in [0.15, 0.2) is 23.5 Å². The van der Waals surface area contributed by atoms with Gasteiger partial charge >= 0.3 is 5.97 Å². The summed E-state index contributed by atoms with van der Waals surface area (Å²) in [5, 5.41) is 0.508. The maximum Gasteiger partial charge on any atom is 0.340 e. The van der Waals surface area contributed by atoms with Gasteiger partial charge in [-0.3, -0.25) is 4.98 Å². The van der Waals surface area contributed by atoms with Gasteiger partial charge in [-0.05, 0) is 12.1 Å². The lowest BCUT2D eigenvalue weighted by molar-refractivity contribution is 0.0600. The highest BCUT2D eigenvalue weighted by Gasteiger charge is 2.17. The number of aromatic nitrogens is 1.